The Labute approximate surface area is 134 Å². The maximum absolute atomic E-state index is 11.5. The van der Waals surface area contributed by atoms with Gasteiger partial charge in [-0.05, 0) is 41.0 Å². The molecule has 0 spiro atoms. The van der Waals surface area contributed by atoms with Crippen molar-refractivity contribution in [3.05, 3.63) is 22.2 Å². The third-order valence-electron chi connectivity index (χ3n) is 3.07. The number of esters is 1. The third kappa shape index (κ3) is 5.21. The molecule has 0 aliphatic heterocycles. The monoisotopic (exact) mass is 359 g/mol. The largest absolute Gasteiger partial charge is 0.496 e. The van der Waals surface area contributed by atoms with E-state index in [0.29, 0.717) is 6.54 Å². The zero-order chi connectivity index (χ0) is 15.8. The van der Waals surface area contributed by atoms with Gasteiger partial charge in [-0.2, -0.15) is 0 Å². The number of nitrogens with zero attached hydrogens (tertiary/aromatic N) is 1. The number of methoxy groups -OCH3 is 3. The van der Waals surface area contributed by atoms with Crippen molar-refractivity contribution >= 4 is 21.9 Å². The van der Waals surface area contributed by atoms with Gasteiger partial charge in [-0.25, -0.2) is 0 Å². The molecule has 0 N–H and O–H groups in total. The second-order valence-electron chi connectivity index (χ2n) is 4.59. The van der Waals surface area contributed by atoms with Gasteiger partial charge in [0.2, 0.25) is 0 Å². The molecule has 0 heterocycles. The molecule has 5 nitrogen and oxygen atoms in total. The van der Waals surface area contributed by atoms with Crippen LogP contribution in [0.4, 0.5) is 0 Å². The second kappa shape index (κ2) is 8.89. The zero-order valence-corrected chi connectivity index (χ0v) is 14.5. The molecule has 0 saturated carbocycles. The van der Waals surface area contributed by atoms with Gasteiger partial charge in [0.25, 0.3) is 0 Å². The summed E-state index contributed by atoms with van der Waals surface area (Å²) in [4.78, 5) is 13.5. The number of ether oxygens (including phenoxy) is 3. The maximum Gasteiger partial charge on any atom is 0.319 e. The first kappa shape index (κ1) is 17.8. The predicted octanol–water partition coefficient (Wildman–Crippen LogP) is 2.85. The third-order valence-corrected chi connectivity index (χ3v) is 3.69. The van der Waals surface area contributed by atoms with Crippen LogP contribution in [0.3, 0.4) is 0 Å². The normalized spacial score (nSPS) is 10.6. The number of halogens is 1. The first-order valence-electron chi connectivity index (χ1n) is 6.75. The fraction of sp³-hybridized carbons (Fsp3) is 0.533. The molecule has 0 fully saturated rings. The molecular weight excluding hydrogens is 338 g/mol. The Hall–Kier alpha value is -1.27. The van der Waals surface area contributed by atoms with E-state index in [1.807, 2.05) is 17.0 Å². The number of benzene rings is 1. The molecule has 0 saturated heterocycles. The van der Waals surface area contributed by atoms with Gasteiger partial charge in [0.05, 0.1) is 32.3 Å². The van der Waals surface area contributed by atoms with E-state index < -0.39 is 0 Å². The van der Waals surface area contributed by atoms with Crippen molar-refractivity contribution in [3.63, 3.8) is 0 Å². The Bertz CT molecular complexity index is 479. The number of hydrogen-bond acceptors (Lipinski definition) is 5. The van der Waals surface area contributed by atoms with Gasteiger partial charge in [0.15, 0.2) is 0 Å². The molecule has 0 aliphatic carbocycles. The topological polar surface area (TPSA) is 48.0 Å². The fourth-order valence-electron chi connectivity index (χ4n) is 2.07. The van der Waals surface area contributed by atoms with E-state index in [1.54, 1.807) is 14.2 Å². The van der Waals surface area contributed by atoms with Crippen LogP contribution in [0.5, 0.6) is 11.5 Å². The number of hydrogen-bond donors (Lipinski definition) is 0. The summed E-state index contributed by atoms with van der Waals surface area (Å²) in [6.45, 7) is 3.72. The molecule has 0 atom stereocenters. The van der Waals surface area contributed by atoms with E-state index in [-0.39, 0.29) is 12.5 Å². The molecule has 118 valence electrons. The van der Waals surface area contributed by atoms with Crippen LogP contribution < -0.4 is 9.47 Å². The molecule has 0 radical (unpaired) electrons. The molecule has 6 heteroatoms. The lowest BCUT2D eigenvalue weighted by molar-refractivity contribution is -0.142. The Morgan fingerprint density at radius 2 is 1.86 bits per heavy atom. The van der Waals surface area contributed by atoms with Crippen molar-refractivity contribution in [1.29, 1.82) is 0 Å². The summed E-state index contributed by atoms with van der Waals surface area (Å²) in [5, 5.41) is 0. The second-order valence-corrected chi connectivity index (χ2v) is 5.44. The Kier molecular flexibility index (Phi) is 7.53. The van der Waals surface area contributed by atoms with Gasteiger partial charge in [-0.1, -0.05) is 6.92 Å². The maximum atomic E-state index is 11.5. The van der Waals surface area contributed by atoms with E-state index in [2.05, 4.69) is 22.9 Å². The standard InChI is InChI=1S/C15H22BrNO4/c1-5-6-17(10-15(18)21-4)9-11-7-14(20-3)12(16)8-13(11)19-2/h7-8H,5-6,9-10H2,1-4H3. The van der Waals surface area contributed by atoms with E-state index in [9.17, 15) is 4.79 Å². The quantitative estimate of drug-likeness (QED) is 0.668. The van der Waals surface area contributed by atoms with E-state index in [0.717, 1.165) is 34.5 Å². The number of rotatable bonds is 8. The van der Waals surface area contributed by atoms with Gasteiger partial charge in [0.1, 0.15) is 11.5 Å². The van der Waals surface area contributed by atoms with Crippen molar-refractivity contribution in [2.24, 2.45) is 0 Å². The highest BCUT2D eigenvalue weighted by atomic mass is 79.9. The van der Waals surface area contributed by atoms with E-state index >= 15 is 0 Å². The molecule has 0 unspecified atom stereocenters. The van der Waals surface area contributed by atoms with Gasteiger partial charge in [-0.3, -0.25) is 9.69 Å². The fourth-order valence-corrected chi connectivity index (χ4v) is 2.55. The molecule has 1 aromatic carbocycles. The van der Waals surface area contributed by atoms with Crippen LogP contribution in [-0.2, 0) is 16.1 Å². The molecule has 0 aromatic heterocycles. The molecule has 1 rings (SSSR count). The van der Waals surface area contributed by atoms with Crippen LogP contribution in [0, 0.1) is 0 Å². The summed E-state index contributed by atoms with van der Waals surface area (Å²) >= 11 is 3.44. The first-order chi connectivity index (χ1) is 10.0. The summed E-state index contributed by atoms with van der Waals surface area (Å²) in [5.74, 6) is 1.25. The number of carbonyl (C=O) groups is 1. The minimum Gasteiger partial charge on any atom is -0.496 e. The molecule has 0 bridgehead atoms. The van der Waals surface area contributed by atoms with Crippen molar-refractivity contribution in [3.8, 4) is 11.5 Å². The summed E-state index contributed by atoms with van der Waals surface area (Å²) in [5.41, 5.74) is 0.968. The minimum absolute atomic E-state index is 0.244. The van der Waals surface area contributed by atoms with Crippen molar-refractivity contribution < 1.29 is 19.0 Å². The summed E-state index contributed by atoms with van der Waals surface area (Å²) in [6, 6.07) is 3.79. The molecule has 0 amide bonds. The van der Waals surface area contributed by atoms with Crippen LogP contribution >= 0.6 is 15.9 Å². The lowest BCUT2D eigenvalue weighted by Crippen LogP contribution is -2.31. The molecule has 21 heavy (non-hydrogen) atoms. The lowest BCUT2D eigenvalue weighted by Gasteiger charge is -2.22. The number of carbonyl (C=O) groups excluding carboxylic acids is 1. The van der Waals surface area contributed by atoms with Crippen molar-refractivity contribution in [2.75, 3.05) is 34.4 Å². The average Bonchev–Trinajstić information content (AvgIpc) is 2.48. The highest BCUT2D eigenvalue weighted by molar-refractivity contribution is 9.10. The zero-order valence-electron chi connectivity index (χ0n) is 12.9. The van der Waals surface area contributed by atoms with Crippen LogP contribution in [0.2, 0.25) is 0 Å². The van der Waals surface area contributed by atoms with Gasteiger partial charge in [-0.15, -0.1) is 0 Å². The molecule has 1 aromatic rings. The summed E-state index contributed by atoms with van der Waals surface area (Å²) in [7, 11) is 4.65. The molecule has 0 aliphatic rings. The highest BCUT2D eigenvalue weighted by Crippen LogP contribution is 2.33. The van der Waals surface area contributed by atoms with Gasteiger partial charge < -0.3 is 14.2 Å². The van der Waals surface area contributed by atoms with Gasteiger partial charge >= 0.3 is 5.97 Å². The van der Waals surface area contributed by atoms with Crippen LogP contribution in [0.15, 0.2) is 16.6 Å². The van der Waals surface area contributed by atoms with E-state index in [1.165, 1.54) is 7.11 Å². The first-order valence-corrected chi connectivity index (χ1v) is 7.54. The van der Waals surface area contributed by atoms with Crippen molar-refractivity contribution in [2.45, 2.75) is 19.9 Å². The highest BCUT2D eigenvalue weighted by Gasteiger charge is 2.15. The lowest BCUT2D eigenvalue weighted by atomic mass is 10.1. The van der Waals surface area contributed by atoms with Crippen LogP contribution in [0.1, 0.15) is 18.9 Å². The Morgan fingerprint density at radius 3 is 2.38 bits per heavy atom. The Balaban J connectivity index is 2.98. The van der Waals surface area contributed by atoms with Gasteiger partial charge in [0, 0.05) is 12.1 Å². The van der Waals surface area contributed by atoms with Crippen molar-refractivity contribution in [1.82, 2.24) is 4.90 Å². The van der Waals surface area contributed by atoms with Crippen LogP contribution in [-0.4, -0.2) is 45.3 Å². The van der Waals surface area contributed by atoms with Crippen LogP contribution in [0.25, 0.3) is 0 Å². The van der Waals surface area contributed by atoms with E-state index in [4.69, 9.17) is 14.2 Å². The summed E-state index contributed by atoms with van der Waals surface area (Å²) < 4.78 is 16.3. The predicted molar refractivity (Wildman–Crippen MR) is 84.8 cm³/mol. The summed E-state index contributed by atoms with van der Waals surface area (Å²) in [6.07, 6.45) is 0.951. The Morgan fingerprint density at radius 1 is 1.19 bits per heavy atom. The minimum atomic E-state index is -0.244. The smallest absolute Gasteiger partial charge is 0.319 e. The molecular formula is C15H22BrNO4. The average molecular weight is 360 g/mol. The SMILES string of the molecule is CCCN(CC(=O)OC)Cc1cc(OC)c(Br)cc1OC.